The molecule has 0 unspecified atom stereocenters. The molecule has 0 fully saturated rings. The predicted molar refractivity (Wildman–Crippen MR) is 102 cm³/mol. The van der Waals surface area contributed by atoms with Crippen LogP contribution in [0.1, 0.15) is 40.4 Å². The molecular weight excluding hydrogens is 340 g/mol. The monoisotopic (exact) mass is 360 g/mol. The number of carbonyl (C=O) groups is 2. The van der Waals surface area contributed by atoms with E-state index < -0.39 is 5.97 Å². The fourth-order valence-electron chi connectivity index (χ4n) is 3.03. The number of para-hydroxylation sites is 1. The molecule has 1 heterocycles. The summed E-state index contributed by atoms with van der Waals surface area (Å²) in [6, 6.07) is 15.0. The van der Waals surface area contributed by atoms with Crippen LogP contribution in [-0.2, 0) is 22.4 Å². The van der Waals surface area contributed by atoms with Crippen molar-refractivity contribution in [2.24, 2.45) is 0 Å². The van der Waals surface area contributed by atoms with Crippen LogP contribution >= 0.6 is 0 Å². The number of H-pyrrole nitrogens is 1. The van der Waals surface area contributed by atoms with Gasteiger partial charge in [0.25, 0.3) is 0 Å². The number of ketones is 1. The van der Waals surface area contributed by atoms with Crippen molar-refractivity contribution in [2.45, 2.75) is 26.2 Å². The molecule has 3 aromatic rings. The molecule has 0 amide bonds. The lowest BCUT2D eigenvalue weighted by Gasteiger charge is -2.05. The fourth-order valence-corrected chi connectivity index (χ4v) is 3.03. The molecule has 0 radical (unpaired) electrons. The van der Waals surface area contributed by atoms with Crippen molar-refractivity contribution >= 4 is 22.7 Å². The number of aromatic amines is 1. The molecule has 0 spiro atoms. The fraction of sp³-hybridized carbons (Fsp3) is 0.227. The first-order chi connectivity index (χ1) is 13.1. The first-order valence-electron chi connectivity index (χ1n) is 8.89. The van der Waals surface area contributed by atoms with Crippen molar-refractivity contribution in [3.05, 3.63) is 70.9 Å². The van der Waals surface area contributed by atoms with Gasteiger partial charge >= 0.3 is 5.97 Å². The topological polar surface area (TPSA) is 82.9 Å². The number of aromatic nitrogens is 1. The lowest BCUT2D eigenvalue weighted by atomic mass is 10.1. The lowest BCUT2D eigenvalue weighted by Crippen LogP contribution is -2.14. The second-order valence-electron chi connectivity index (χ2n) is 6.29. The highest BCUT2D eigenvalue weighted by Crippen LogP contribution is 2.22. The average Bonchev–Trinajstić information content (AvgIpc) is 3.15. The predicted octanol–water partition coefficient (Wildman–Crippen LogP) is 3.96. The van der Waals surface area contributed by atoms with Gasteiger partial charge in [-0.1, -0.05) is 37.3 Å². The smallest absolute Gasteiger partial charge is 0.306 e. The van der Waals surface area contributed by atoms with Crippen molar-refractivity contribution in [1.82, 2.24) is 4.98 Å². The number of nitrogens with one attached hydrogen (secondary N) is 1. The molecule has 0 bridgehead atoms. The number of fused-ring (bicyclic) bond motifs is 1. The molecule has 2 aromatic carbocycles. The number of benzene rings is 2. The van der Waals surface area contributed by atoms with Gasteiger partial charge in [0.15, 0.2) is 6.61 Å². The molecule has 136 valence electrons. The number of nitrogens with zero attached hydrogens (tertiary/aromatic N) is 1. The van der Waals surface area contributed by atoms with E-state index in [9.17, 15) is 9.59 Å². The summed E-state index contributed by atoms with van der Waals surface area (Å²) in [7, 11) is 0. The average molecular weight is 360 g/mol. The van der Waals surface area contributed by atoms with Crippen LogP contribution in [0.5, 0.6) is 0 Å². The molecule has 27 heavy (non-hydrogen) atoms. The highest BCUT2D eigenvalue weighted by Gasteiger charge is 2.15. The number of ether oxygens (including phenoxy) is 1. The van der Waals surface area contributed by atoms with Crippen molar-refractivity contribution in [3.63, 3.8) is 0 Å². The summed E-state index contributed by atoms with van der Waals surface area (Å²) in [5.41, 5.74) is 4.17. The van der Waals surface area contributed by atoms with Gasteiger partial charge in [-0.2, -0.15) is 5.26 Å². The summed E-state index contributed by atoms with van der Waals surface area (Å²) in [6.07, 6.45) is 3.24. The van der Waals surface area contributed by atoms with Crippen LogP contribution in [0, 0.1) is 11.3 Å². The highest BCUT2D eigenvalue weighted by atomic mass is 16.5. The van der Waals surface area contributed by atoms with E-state index in [1.165, 1.54) is 0 Å². The largest absolute Gasteiger partial charge is 0.457 e. The van der Waals surface area contributed by atoms with Crippen LogP contribution in [-0.4, -0.2) is 23.3 Å². The SMILES string of the molecule is CCc1cccc2c(C(=O)COC(=O)CCc3ccc(C#N)cc3)c[nH]c12. The molecule has 0 saturated heterocycles. The van der Waals surface area contributed by atoms with E-state index in [2.05, 4.69) is 18.0 Å². The number of hydrogen-bond acceptors (Lipinski definition) is 4. The Bertz CT molecular complexity index is 1010. The number of aryl methyl sites for hydroxylation is 2. The molecular formula is C22H20N2O3. The second kappa shape index (κ2) is 8.33. The van der Waals surface area contributed by atoms with Gasteiger partial charge in [-0.3, -0.25) is 9.59 Å². The Kier molecular flexibility index (Phi) is 5.68. The van der Waals surface area contributed by atoms with Crippen LogP contribution in [0.4, 0.5) is 0 Å². The molecule has 5 heteroatoms. The van der Waals surface area contributed by atoms with Crippen molar-refractivity contribution in [1.29, 1.82) is 5.26 Å². The van der Waals surface area contributed by atoms with Gasteiger partial charge in [-0.05, 0) is 36.1 Å². The van der Waals surface area contributed by atoms with E-state index in [-0.39, 0.29) is 18.8 Å². The maximum Gasteiger partial charge on any atom is 0.306 e. The number of Topliss-reactive ketones (excluding diaryl/α,β-unsaturated/α-hetero) is 1. The quantitative estimate of drug-likeness (QED) is 0.511. The number of nitriles is 1. The minimum atomic E-state index is -0.415. The van der Waals surface area contributed by atoms with Crippen molar-refractivity contribution in [2.75, 3.05) is 6.61 Å². The Labute approximate surface area is 157 Å². The molecule has 0 aliphatic rings. The number of esters is 1. The van der Waals surface area contributed by atoms with Gasteiger partial charge in [0.05, 0.1) is 11.6 Å². The van der Waals surface area contributed by atoms with Crippen LogP contribution in [0.3, 0.4) is 0 Å². The van der Waals surface area contributed by atoms with Gasteiger partial charge in [0.1, 0.15) is 0 Å². The molecule has 3 rings (SSSR count). The van der Waals surface area contributed by atoms with Gasteiger partial charge in [0, 0.05) is 29.1 Å². The van der Waals surface area contributed by atoms with Crippen molar-refractivity contribution in [3.8, 4) is 6.07 Å². The summed E-state index contributed by atoms with van der Waals surface area (Å²) in [5.74, 6) is -0.636. The van der Waals surface area contributed by atoms with Crippen molar-refractivity contribution < 1.29 is 14.3 Å². The number of hydrogen-bond donors (Lipinski definition) is 1. The van der Waals surface area contributed by atoms with Crippen LogP contribution < -0.4 is 0 Å². The van der Waals surface area contributed by atoms with E-state index >= 15 is 0 Å². The second-order valence-corrected chi connectivity index (χ2v) is 6.29. The lowest BCUT2D eigenvalue weighted by molar-refractivity contribution is -0.142. The van der Waals surface area contributed by atoms with Crippen LogP contribution in [0.25, 0.3) is 10.9 Å². The van der Waals surface area contributed by atoms with Crippen LogP contribution in [0.2, 0.25) is 0 Å². The van der Waals surface area contributed by atoms with Gasteiger partial charge in [0.2, 0.25) is 5.78 Å². The first kappa shape index (κ1) is 18.4. The minimum Gasteiger partial charge on any atom is -0.457 e. The van der Waals surface area contributed by atoms with E-state index in [0.29, 0.717) is 17.5 Å². The Morgan fingerprint density at radius 3 is 2.63 bits per heavy atom. The Balaban J connectivity index is 1.55. The molecule has 1 N–H and O–H groups in total. The normalized spacial score (nSPS) is 10.5. The van der Waals surface area contributed by atoms with E-state index in [1.54, 1.807) is 18.3 Å². The maximum atomic E-state index is 12.4. The van der Waals surface area contributed by atoms with Gasteiger partial charge in [-0.15, -0.1) is 0 Å². The van der Waals surface area contributed by atoms with E-state index in [1.807, 2.05) is 30.3 Å². The summed E-state index contributed by atoms with van der Waals surface area (Å²) in [6.45, 7) is 1.79. The molecule has 0 aliphatic heterocycles. The Morgan fingerprint density at radius 1 is 1.15 bits per heavy atom. The molecule has 0 saturated carbocycles. The Morgan fingerprint density at radius 2 is 1.93 bits per heavy atom. The zero-order valence-electron chi connectivity index (χ0n) is 15.1. The van der Waals surface area contributed by atoms with E-state index in [4.69, 9.17) is 10.00 Å². The summed E-state index contributed by atoms with van der Waals surface area (Å²) in [5, 5.41) is 9.64. The zero-order chi connectivity index (χ0) is 19.2. The highest BCUT2D eigenvalue weighted by molar-refractivity contribution is 6.09. The van der Waals surface area contributed by atoms with E-state index in [0.717, 1.165) is 28.5 Å². The Hall–Kier alpha value is -3.39. The third-order valence-corrected chi connectivity index (χ3v) is 4.55. The molecule has 0 atom stereocenters. The number of rotatable bonds is 7. The third-order valence-electron chi connectivity index (χ3n) is 4.55. The summed E-state index contributed by atoms with van der Waals surface area (Å²) >= 11 is 0. The third kappa shape index (κ3) is 4.24. The molecule has 5 nitrogen and oxygen atoms in total. The summed E-state index contributed by atoms with van der Waals surface area (Å²) in [4.78, 5) is 27.5. The summed E-state index contributed by atoms with van der Waals surface area (Å²) < 4.78 is 5.15. The minimum absolute atomic E-state index is 0.188. The molecule has 1 aromatic heterocycles. The maximum absolute atomic E-state index is 12.4. The number of carbonyl (C=O) groups excluding carboxylic acids is 2. The van der Waals surface area contributed by atoms with Crippen LogP contribution in [0.15, 0.2) is 48.7 Å². The zero-order valence-corrected chi connectivity index (χ0v) is 15.1. The van der Waals surface area contributed by atoms with Gasteiger partial charge < -0.3 is 9.72 Å². The molecule has 0 aliphatic carbocycles. The standard InChI is InChI=1S/C22H20N2O3/c1-2-17-4-3-5-18-19(13-24-22(17)18)20(25)14-27-21(26)11-10-15-6-8-16(12-23)9-7-15/h3-9,13,24H,2,10-11,14H2,1H3. The van der Waals surface area contributed by atoms with Gasteiger partial charge in [-0.25, -0.2) is 0 Å². The first-order valence-corrected chi connectivity index (χ1v) is 8.89.